The maximum Gasteiger partial charge on any atom is 0.306 e. The SMILES string of the molecule is CC/C=C\C/C=C\C/C=C\C/C=C\C/C=C\CCCC(=O)OC1C(OCC(NC(=O)C(O)CCCCCCCCCCCC)C(O)/C=C/CCCCCCCCCCCCC)OC(CO)C(O)C1O. The summed E-state index contributed by atoms with van der Waals surface area (Å²) in [4.78, 5) is 26.4. The van der Waals surface area contributed by atoms with Crippen LogP contribution < -0.4 is 5.32 Å². The second-order valence-electron chi connectivity index (χ2n) is 18.9. The fraction of sp³-hybridized carbons (Fsp3) is 0.759. The summed E-state index contributed by atoms with van der Waals surface area (Å²) in [6.07, 6.45) is 46.7. The summed E-state index contributed by atoms with van der Waals surface area (Å²) >= 11 is 0. The predicted octanol–water partition coefficient (Wildman–Crippen LogP) is 12.1. The van der Waals surface area contributed by atoms with Crippen molar-refractivity contribution in [2.45, 2.75) is 269 Å². The third kappa shape index (κ3) is 35.0. The van der Waals surface area contributed by atoms with Gasteiger partial charge in [0, 0.05) is 6.42 Å². The van der Waals surface area contributed by atoms with Crippen molar-refractivity contribution < 1.29 is 49.3 Å². The van der Waals surface area contributed by atoms with E-state index in [-0.39, 0.29) is 19.4 Å². The zero-order chi connectivity index (χ0) is 50.4. The highest BCUT2D eigenvalue weighted by molar-refractivity contribution is 5.80. The molecule has 398 valence electrons. The summed E-state index contributed by atoms with van der Waals surface area (Å²) in [5, 5.41) is 56.6. The molecule has 1 fully saturated rings. The molecule has 11 nitrogen and oxygen atoms in total. The van der Waals surface area contributed by atoms with Gasteiger partial charge in [-0.15, -0.1) is 0 Å². The summed E-state index contributed by atoms with van der Waals surface area (Å²) in [7, 11) is 0. The maximum atomic E-state index is 13.3. The molecule has 11 heteroatoms. The maximum absolute atomic E-state index is 13.3. The van der Waals surface area contributed by atoms with Crippen molar-refractivity contribution in [1.29, 1.82) is 0 Å². The molecule has 8 unspecified atom stereocenters. The number of amides is 1. The fourth-order valence-corrected chi connectivity index (χ4v) is 8.21. The molecule has 1 saturated heterocycles. The fourth-order valence-electron chi connectivity index (χ4n) is 8.21. The first-order chi connectivity index (χ1) is 33.7. The summed E-state index contributed by atoms with van der Waals surface area (Å²) in [6.45, 7) is 5.61. The van der Waals surface area contributed by atoms with Gasteiger partial charge in [0.2, 0.25) is 5.91 Å². The third-order valence-electron chi connectivity index (χ3n) is 12.6. The second-order valence-corrected chi connectivity index (χ2v) is 18.9. The number of rotatable bonds is 45. The van der Waals surface area contributed by atoms with Crippen LogP contribution in [0.1, 0.15) is 220 Å². The van der Waals surface area contributed by atoms with E-state index in [2.05, 4.69) is 74.7 Å². The highest BCUT2D eigenvalue weighted by Crippen LogP contribution is 2.26. The number of carbonyl (C=O) groups is 2. The van der Waals surface area contributed by atoms with Crippen LogP contribution in [0.2, 0.25) is 0 Å². The van der Waals surface area contributed by atoms with Gasteiger partial charge in [0.15, 0.2) is 12.4 Å². The van der Waals surface area contributed by atoms with E-state index in [1.54, 1.807) is 6.08 Å². The Kier molecular flexibility index (Phi) is 42.9. The Labute approximate surface area is 420 Å². The molecular weight excluding hydrogens is 871 g/mol. The van der Waals surface area contributed by atoms with Crippen molar-refractivity contribution in [3.05, 3.63) is 72.9 Å². The van der Waals surface area contributed by atoms with Gasteiger partial charge in [-0.1, -0.05) is 222 Å². The molecule has 0 radical (unpaired) electrons. The average Bonchev–Trinajstić information content (AvgIpc) is 3.34. The largest absolute Gasteiger partial charge is 0.454 e. The first-order valence-electron chi connectivity index (χ1n) is 27.7. The lowest BCUT2D eigenvalue weighted by Gasteiger charge is -2.41. The molecule has 0 saturated carbocycles. The number of ether oxygens (including phenoxy) is 3. The first kappa shape index (κ1) is 64.1. The Bertz CT molecular complexity index is 1390. The molecular formula is C58H101NO10. The van der Waals surface area contributed by atoms with Crippen LogP contribution in [0.5, 0.6) is 0 Å². The topological polar surface area (TPSA) is 175 Å². The van der Waals surface area contributed by atoms with Crippen LogP contribution in [0.25, 0.3) is 0 Å². The summed E-state index contributed by atoms with van der Waals surface area (Å²) < 4.78 is 17.5. The molecule has 1 amide bonds. The molecule has 1 aliphatic rings. The van der Waals surface area contributed by atoms with Crippen LogP contribution in [-0.4, -0.2) is 99.6 Å². The van der Waals surface area contributed by atoms with Crippen LogP contribution >= 0.6 is 0 Å². The van der Waals surface area contributed by atoms with Gasteiger partial charge < -0.3 is 45.1 Å². The summed E-state index contributed by atoms with van der Waals surface area (Å²) in [5.41, 5.74) is 0. The smallest absolute Gasteiger partial charge is 0.306 e. The van der Waals surface area contributed by atoms with Crippen LogP contribution in [0.4, 0.5) is 0 Å². The van der Waals surface area contributed by atoms with E-state index in [1.807, 2.05) is 18.2 Å². The highest BCUT2D eigenvalue weighted by atomic mass is 16.7. The lowest BCUT2D eigenvalue weighted by Crippen LogP contribution is -2.61. The minimum Gasteiger partial charge on any atom is -0.454 e. The minimum absolute atomic E-state index is 0.0437. The predicted molar refractivity (Wildman–Crippen MR) is 283 cm³/mol. The van der Waals surface area contributed by atoms with Crippen molar-refractivity contribution >= 4 is 11.9 Å². The zero-order valence-electron chi connectivity index (χ0n) is 43.7. The minimum atomic E-state index is -1.64. The second kappa shape index (κ2) is 46.2. The average molecular weight is 972 g/mol. The summed E-state index contributed by atoms with van der Waals surface area (Å²) in [6, 6.07) is -1.03. The molecule has 0 bridgehead atoms. The number of aliphatic hydroxyl groups is 5. The van der Waals surface area contributed by atoms with Crippen molar-refractivity contribution in [1.82, 2.24) is 5.32 Å². The number of hydrogen-bond acceptors (Lipinski definition) is 10. The number of esters is 1. The van der Waals surface area contributed by atoms with Crippen LogP contribution in [-0.2, 0) is 23.8 Å². The molecule has 0 aromatic carbocycles. The number of carbonyl (C=O) groups excluding carboxylic acids is 2. The number of aliphatic hydroxyl groups excluding tert-OH is 5. The summed E-state index contributed by atoms with van der Waals surface area (Å²) in [5.74, 6) is -1.26. The van der Waals surface area contributed by atoms with Gasteiger partial charge >= 0.3 is 5.97 Å². The van der Waals surface area contributed by atoms with Gasteiger partial charge in [0.05, 0.1) is 25.4 Å². The van der Waals surface area contributed by atoms with Gasteiger partial charge in [-0.25, -0.2) is 0 Å². The highest BCUT2D eigenvalue weighted by Gasteiger charge is 2.47. The Hall–Kier alpha value is -2.90. The zero-order valence-corrected chi connectivity index (χ0v) is 43.7. The van der Waals surface area contributed by atoms with Crippen LogP contribution in [0.15, 0.2) is 72.9 Å². The van der Waals surface area contributed by atoms with E-state index in [1.165, 1.54) is 96.3 Å². The first-order valence-corrected chi connectivity index (χ1v) is 27.7. The molecule has 8 atom stereocenters. The molecule has 0 aromatic heterocycles. The third-order valence-corrected chi connectivity index (χ3v) is 12.6. The monoisotopic (exact) mass is 972 g/mol. The Morgan fingerprint density at radius 3 is 1.55 bits per heavy atom. The van der Waals surface area contributed by atoms with E-state index in [0.29, 0.717) is 19.3 Å². The Balaban J connectivity index is 2.78. The van der Waals surface area contributed by atoms with E-state index in [9.17, 15) is 35.1 Å². The molecule has 6 N–H and O–H groups in total. The molecule has 0 spiro atoms. The van der Waals surface area contributed by atoms with Crippen molar-refractivity contribution in [3.63, 3.8) is 0 Å². The van der Waals surface area contributed by atoms with E-state index >= 15 is 0 Å². The van der Waals surface area contributed by atoms with Gasteiger partial charge in [-0.3, -0.25) is 9.59 Å². The lowest BCUT2D eigenvalue weighted by atomic mass is 9.99. The molecule has 1 rings (SSSR count). The quantitative estimate of drug-likeness (QED) is 0.0196. The van der Waals surface area contributed by atoms with E-state index < -0.39 is 67.4 Å². The molecule has 0 aliphatic carbocycles. The van der Waals surface area contributed by atoms with E-state index in [4.69, 9.17) is 14.2 Å². The van der Waals surface area contributed by atoms with Gasteiger partial charge in [0.1, 0.15) is 24.4 Å². The van der Waals surface area contributed by atoms with Crippen LogP contribution in [0.3, 0.4) is 0 Å². The number of unbranched alkanes of at least 4 members (excludes halogenated alkanes) is 21. The molecule has 1 aliphatic heterocycles. The van der Waals surface area contributed by atoms with Crippen molar-refractivity contribution in [2.24, 2.45) is 0 Å². The normalized spacial score (nSPS) is 20.4. The number of allylic oxidation sites excluding steroid dienone is 11. The van der Waals surface area contributed by atoms with Crippen LogP contribution in [0, 0.1) is 0 Å². The van der Waals surface area contributed by atoms with Gasteiger partial charge in [-0.05, 0) is 64.2 Å². The Morgan fingerprint density at radius 1 is 0.580 bits per heavy atom. The molecule has 1 heterocycles. The number of nitrogens with one attached hydrogen (secondary N) is 1. The van der Waals surface area contributed by atoms with Gasteiger partial charge in [0.25, 0.3) is 0 Å². The standard InChI is InChI=1S/C58H101NO10/c1-4-7-10-13-16-19-22-24-25-26-27-29-31-34-37-40-43-46-53(63)69-56-55(65)54(64)52(47-60)68-58(56)67-48-49(50(61)44-41-38-35-33-30-28-23-20-17-14-11-8-5-2)59-57(66)51(62)45-42-39-36-32-21-18-15-12-9-6-3/h7,10,16,19,24-25,27,29,34,37,41,44,49-52,54-56,58,60-62,64-65H,4-6,8-9,11-15,17-18,20-23,26,28,30-33,35-36,38-40,42-43,45-48H2,1-3H3,(H,59,66)/b10-7-,19-16-,25-24-,29-27-,37-34-,44-41+. The van der Waals surface area contributed by atoms with Gasteiger partial charge in [-0.2, -0.15) is 0 Å². The molecule has 69 heavy (non-hydrogen) atoms. The number of hydrogen-bond donors (Lipinski definition) is 6. The lowest BCUT2D eigenvalue weighted by molar-refractivity contribution is -0.305. The molecule has 0 aromatic rings. The van der Waals surface area contributed by atoms with Crippen molar-refractivity contribution in [3.8, 4) is 0 Å². The van der Waals surface area contributed by atoms with E-state index in [0.717, 1.165) is 70.6 Å². The van der Waals surface area contributed by atoms with Crippen molar-refractivity contribution in [2.75, 3.05) is 13.2 Å². The Morgan fingerprint density at radius 2 is 1.04 bits per heavy atom.